The minimum atomic E-state index is -0.982. The number of aliphatic carboxylic acids is 1. The highest BCUT2D eigenvalue weighted by molar-refractivity contribution is 6.03. The molecule has 0 saturated heterocycles. The fourth-order valence-corrected chi connectivity index (χ4v) is 2.17. The summed E-state index contributed by atoms with van der Waals surface area (Å²) in [6.45, 7) is 0. The first kappa shape index (κ1) is 12.4. The van der Waals surface area contributed by atoms with Crippen LogP contribution in [0.4, 0.5) is 0 Å². The number of carboxylic acids is 1. The van der Waals surface area contributed by atoms with Gasteiger partial charge in [0.2, 0.25) is 6.10 Å². The lowest BCUT2D eigenvalue weighted by atomic mass is 10.0. The summed E-state index contributed by atoms with van der Waals surface area (Å²) < 4.78 is 0. The average Bonchev–Trinajstić information content (AvgIpc) is 2.98. The molecular weight excluding hydrogens is 254 g/mol. The number of hydrogen-bond acceptors (Lipinski definition) is 3. The molecule has 0 aliphatic carbocycles. The number of carbonyl (C=O) groups is 1. The first-order valence-electron chi connectivity index (χ1n) is 6.35. The van der Waals surface area contributed by atoms with E-state index in [9.17, 15) is 4.79 Å². The molecule has 0 amide bonds. The maximum Gasteiger partial charge on any atom is 0.348 e. The molecule has 2 aromatic carbocycles. The molecule has 20 heavy (non-hydrogen) atoms. The van der Waals surface area contributed by atoms with Gasteiger partial charge < -0.3 is 9.94 Å². The van der Waals surface area contributed by atoms with E-state index >= 15 is 0 Å². The molecule has 1 aliphatic heterocycles. The number of benzene rings is 2. The van der Waals surface area contributed by atoms with Crippen LogP contribution in [0.1, 0.15) is 12.0 Å². The predicted molar refractivity (Wildman–Crippen MR) is 75.5 cm³/mol. The molecule has 0 fully saturated rings. The highest BCUT2D eigenvalue weighted by Gasteiger charge is 2.28. The lowest BCUT2D eigenvalue weighted by Crippen LogP contribution is -2.19. The summed E-state index contributed by atoms with van der Waals surface area (Å²) in [7, 11) is 0. The van der Waals surface area contributed by atoms with Crippen molar-refractivity contribution < 1.29 is 14.7 Å². The zero-order chi connectivity index (χ0) is 13.9. The number of oxime groups is 1. The molecule has 1 heterocycles. The second-order valence-electron chi connectivity index (χ2n) is 4.62. The van der Waals surface area contributed by atoms with E-state index in [4.69, 9.17) is 9.94 Å². The van der Waals surface area contributed by atoms with Crippen LogP contribution < -0.4 is 0 Å². The summed E-state index contributed by atoms with van der Waals surface area (Å²) in [6.07, 6.45) is -0.557. The Labute approximate surface area is 116 Å². The van der Waals surface area contributed by atoms with Crippen molar-refractivity contribution in [3.63, 3.8) is 0 Å². The molecule has 1 atom stereocenters. The zero-order valence-corrected chi connectivity index (χ0v) is 10.7. The first-order valence-corrected chi connectivity index (χ1v) is 6.35. The topological polar surface area (TPSA) is 58.9 Å². The van der Waals surface area contributed by atoms with Crippen molar-refractivity contribution in [2.24, 2.45) is 5.16 Å². The number of nitrogens with zero attached hydrogens (tertiary/aromatic N) is 1. The largest absolute Gasteiger partial charge is 0.478 e. The lowest BCUT2D eigenvalue weighted by molar-refractivity contribution is -0.148. The van der Waals surface area contributed by atoms with Crippen LogP contribution in [-0.2, 0) is 9.63 Å². The van der Waals surface area contributed by atoms with Crippen molar-refractivity contribution in [3.8, 4) is 11.1 Å². The third-order valence-corrected chi connectivity index (χ3v) is 3.27. The third-order valence-electron chi connectivity index (χ3n) is 3.27. The molecule has 1 unspecified atom stereocenters. The Balaban J connectivity index is 1.79. The summed E-state index contributed by atoms with van der Waals surface area (Å²) >= 11 is 0. The molecule has 1 aliphatic rings. The van der Waals surface area contributed by atoms with Crippen molar-refractivity contribution in [2.75, 3.05) is 0 Å². The molecule has 0 spiro atoms. The Kier molecular flexibility index (Phi) is 3.21. The Hall–Kier alpha value is -2.62. The van der Waals surface area contributed by atoms with Crippen LogP contribution in [0, 0.1) is 0 Å². The fourth-order valence-electron chi connectivity index (χ4n) is 2.17. The van der Waals surface area contributed by atoms with Gasteiger partial charge in [0.25, 0.3) is 0 Å². The van der Waals surface area contributed by atoms with Gasteiger partial charge in [0.05, 0.1) is 5.71 Å². The van der Waals surface area contributed by atoms with E-state index in [1.807, 2.05) is 54.6 Å². The molecular formula is C16H13NO3. The van der Waals surface area contributed by atoms with Crippen molar-refractivity contribution >= 4 is 11.7 Å². The quantitative estimate of drug-likeness (QED) is 0.930. The molecule has 0 aromatic heterocycles. The van der Waals surface area contributed by atoms with Crippen LogP contribution in [0.15, 0.2) is 59.8 Å². The number of rotatable bonds is 3. The molecule has 3 rings (SSSR count). The molecule has 4 heteroatoms. The van der Waals surface area contributed by atoms with E-state index in [1.54, 1.807) is 0 Å². The summed E-state index contributed by atoms with van der Waals surface area (Å²) in [6, 6.07) is 17.9. The molecule has 4 nitrogen and oxygen atoms in total. The Morgan fingerprint density at radius 3 is 2.20 bits per heavy atom. The van der Waals surface area contributed by atoms with Gasteiger partial charge in [-0.25, -0.2) is 4.79 Å². The van der Waals surface area contributed by atoms with Crippen LogP contribution in [0.25, 0.3) is 11.1 Å². The monoisotopic (exact) mass is 267 g/mol. The highest BCUT2D eigenvalue weighted by atomic mass is 16.7. The summed E-state index contributed by atoms with van der Waals surface area (Å²) in [5.41, 5.74) is 3.83. The van der Waals surface area contributed by atoms with Crippen LogP contribution in [0.5, 0.6) is 0 Å². The predicted octanol–water partition coefficient (Wildman–Crippen LogP) is 2.93. The normalized spacial score (nSPS) is 17.4. The molecule has 2 aromatic rings. The van der Waals surface area contributed by atoms with Gasteiger partial charge in [0.1, 0.15) is 0 Å². The molecule has 100 valence electrons. The van der Waals surface area contributed by atoms with E-state index in [0.29, 0.717) is 12.1 Å². The molecule has 0 saturated carbocycles. The van der Waals surface area contributed by atoms with Crippen LogP contribution in [0.3, 0.4) is 0 Å². The maximum atomic E-state index is 10.8. The van der Waals surface area contributed by atoms with Crippen molar-refractivity contribution in [1.29, 1.82) is 0 Å². The number of carboxylic acid groups (broad SMARTS) is 1. The SMILES string of the molecule is O=C(O)C1CC(c2ccc(-c3ccccc3)cc2)=NO1. The minimum Gasteiger partial charge on any atom is -0.478 e. The average molecular weight is 267 g/mol. The van der Waals surface area contributed by atoms with Gasteiger partial charge in [0.15, 0.2) is 0 Å². The molecule has 1 N–H and O–H groups in total. The lowest BCUT2D eigenvalue weighted by Gasteiger charge is -2.03. The van der Waals surface area contributed by atoms with Gasteiger partial charge in [-0.2, -0.15) is 0 Å². The second-order valence-corrected chi connectivity index (χ2v) is 4.62. The van der Waals surface area contributed by atoms with Gasteiger partial charge in [0, 0.05) is 6.42 Å². The standard InChI is InChI=1S/C16H13NO3/c18-16(19)15-10-14(17-20-15)13-8-6-12(7-9-13)11-4-2-1-3-5-11/h1-9,15H,10H2,(H,18,19). The van der Waals surface area contributed by atoms with E-state index in [-0.39, 0.29) is 0 Å². The van der Waals surface area contributed by atoms with Gasteiger partial charge in [-0.3, -0.25) is 0 Å². The Bertz CT molecular complexity index is 647. The molecule has 0 bridgehead atoms. The third kappa shape index (κ3) is 2.40. The molecule has 0 radical (unpaired) electrons. The van der Waals surface area contributed by atoms with Crippen molar-refractivity contribution in [3.05, 3.63) is 60.2 Å². The van der Waals surface area contributed by atoms with Gasteiger partial charge >= 0.3 is 5.97 Å². The maximum absolute atomic E-state index is 10.8. The van der Waals surface area contributed by atoms with Gasteiger partial charge in [-0.05, 0) is 16.7 Å². The first-order chi connectivity index (χ1) is 9.74. The summed E-state index contributed by atoms with van der Waals surface area (Å²) in [4.78, 5) is 15.7. The summed E-state index contributed by atoms with van der Waals surface area (Å²) in [5, 5.41) is 12.7. The van der Waals surface area contributed by atoms with E-state index in [0.717, 1.165) is 16.7 Å². The van der Waals surface area contributed by atoms with Crippen LogP contribution in [-0.4, -0.2) is 22.9 Å². The van der Waals surface area contributed by atoms with Crippen molar-refractivity contribution in [2.45, 2.75) is 12.5 Å². The van der Waals surface area contributed by atoms with Crippen LogP contribution >= 0.6 is 0 Å². The summed E-state index contributed by atoms with van der Waals surface area (Å²) in [5.74, 6) is -0.982. The van der Waals surface area contributed by atoms with E-state index in [1.165, 1.54) is 0 Å². The van der Waals surface area contributed by atoms with Gasteiger partial charge in [-0.1, -0.05) is 59.8 Å². The fraction of sp³-hybridized carbons (Fsp3) is 0.125. The zero-order valence-electron chi connectivity index (χ0n) is 10.7. The van der Waals surface area contributed by atoms with Gasteiger partial charge in [-0.15, -0.1) is 0 Å². The Morgan fingerprint density at radius 1 is 1.00 bits per heavy atom. The van der Waals surface area contributed by atoms with E-state index < -0.39 is 12.1 Å². The minimum absolute atomic E-state index is 0.306. The highest BCUT2D eigenvalue weighted by Crippen LogP contribution is 2.22. The Morgan fingerprint density at radius 2 is 1.60 bits per heavy atom. The smallest absolute Gasteiger partial charge is 0.348 e. The van der Waals surface area contributed by atoms with E-state index in [2.05, 4.69) is 5.16 Å². The second kappa shape index (κ2) is 5.17. The number of hydrogen-bond donors (Lipinski definition) is 1. The van der Waals surface area contributed by atoms with Crippen LogP contribution in [0.2, 0.25) is 0 Å². The van der Waals surface area contributed by atoms with Crippen molar-refractivity contribution in [1.82, 2.24) is 0 Å².